The van der Waals surface area contributed by atoms with Crippen LogP contribution in [0, 0.1) is 0 Å². The number of methoxy groups -OCH3 is 2. The fourth-order valence-corrected chi connectivity index (χ4v) is 3.98. The molecule has 11 nitrogen and oxygen atoms in total. The van der Waals surface area contributed by atoms with Crippen molar-refractivity contribution >= 4 is 23.8 Å². The van der Waals surface area contributed by atoms with Crippen molar-refractivity contribution in [2.24, 2.45) is 10.3 Å². The molecule has 0 saturated carbocycles. The van der Waals surface area contributed by atoms with Crippen LogP contribution in [0.3, 0.4) is 0 Å². The quantitative estimate of drug-likeness (QED) is 0.301. The highest BCUT2D eigenvalue weighted by Crippen LogP contribution is 2.52. The maximum atomic E-state index is 12.4. The Morgan fingerprint density at radius 1 is 1.14 bits per heavy atom. The molecule has 0 fully saturated rings. The molecule has 4 rings (SSSR count). The Morgan fingerprint density at radius 3 is 2.61 bits per heavy atom. The van der Waals surface area contributed by atoms with E-state index in [1.54, 1.807) is 6.92 Å². The summed E-state index contributed by atoms with van der Waals surface area (Å²) in [4.78, 5) is 29.9. The Kier molecular flexibility index (Phi) is 7.89. The topological polar surface area (TPSA) is 126 Å². The summed E-state index contributed by atoms with van der Waals surface area (Å²) >= 11 is 0. The number of carbonyl (C=O) groups is 2. The molecule has 2 aromatic carbocycles. The van der Waals surface area contributed by atoms with Crippen molar-refractivity contribution in [1.82, 2.24) is 5.43 Å². The number of ether oxygens (including phenoxy) is 5. The first-order chi connectivity index (χ1) is 17.5. The predicted molar refractivity (Wildman–Crippen MR) is 129 cm³/mol. The SMILES string of the molecule is CCOC(=O)C1=NO[C@@H](Cc2c(/C=N\NC(=O)Cc3ccccc3)c3c(c(OC)c2OC)OCO3)C1. The summed E-state index contributed by atoms with van der Waals surface area (Å²) in [7, 11) is 3.00. The third kappa shape index (κ3) is 5.35. The van der Waals surface area contributed by atoms with Gasteiger partial charge in [-0.05, 0) is 12.5 Å². The fourth-order valence-electron chi connectivity index (χ4n) is 3.98. The number of benzene rings is 2. The van der Waals surface area contributed by atoms with Gasteiger partial charge in [-0.1, -0.05) is 35.5 Å². The van der Waals surface area contributed by atoms with E-state index >= 15 is 0 Å². The van der Waals surface area contributed by atoms with Crippen LogP contribution in [-0.4, -0.2) is 57.5 Å². The zero-order chi connectivity index (χ0) is 25.5. The normalized spacial score (nSPS) is 15.9. The van der Waals surface area contributed by atoms with E-state index in [1.165, 1.54) is 20.4 Å². The number of hydrogen-bond donors (Lipinski definition) is 1. The van der Waals surface area contributed by atoms with Gasteiger partial charge in [0.05, 0.1) is 33.5 Å². The van der Waals surface area contributed by atoms with Crippen LogP contribution in [0.2, 0.25) is 0 Å². The molecule has 0 bridgehead atoms. The standard InChI is InChI=1S/C25H27N3O8/c1-4-33-25(30)19-12-16(36-28-19)11-17-18(13-26-27-20(29)10-15-8-6-5-7-9-15)22-24(35-14-34-22)23(32-3)21(17)31-2/h5-9,13,16H,4,10-12,14H2,1-3H3,(H,27,29)/b26-13-/t16-/m0/s1. The van der Waals surface area contributed by atoms with Crippen LogP contribution in [0.5, 0.6) is 23.0 Å². The Bertz CT molecular complexity index is 1180. The maximum Gasteiger partial charge on any atom is 0.356 e. The average molecular weight is 498 g/mol. The van der Waals surface area contributed by atoms with Gasteiger partial charge in [-0.25, -0.2) is 10.2 Å². The molecule has 2 heterocycles. The summed E-state index contributed by atoms with van der Waals surface area (Å²) in [6.45, 7) is 1.95. The molecule has 1 N–H and O–H groups in total. The lowest BCUT2D eigenvalue weighted by Gasteiger charge is -2.19. The van der Waals surface area contributed by atoms with Gasteiger partial charge < -0.3 is 28.5 Å². The molecule has 0 radical (unpaired) electrons. The van der Waals surface area contributed by atoms with Gasteiger partial charge in [0.25, 0.3) is 0 Å². The lowest BCUT2D eigenvalue weighted by atomic mass is 9.96. The average Bonchev–Trinajstić information content (AvgIpc) is 3.55. The summed E-state index contributed by atoms with van der Waals surface area (Å²) in [6.07, 6.45) is 1.71. The molecular formula is C25H27N3O8. The fraction of sp³-hybridized carbons (Fsp3) is 0.360. The summed E-state index contributed by atoms with van der Waals surface area (Å²) < 4.78 is 27.6. The van der Waals surface area contributed by atoms with Crippen molar-refractivity contribution in [2.75, 3.05) is 27.6 Å². The van der Waals surface area contributed by atoms with E-state index in [0.29, 0.717) is 34.1 Å². The van der Waals surface area contributed by atoms with Crippen molar-refractivity contribution < 1.29 is 38.1 Å². The van der Waals surface area contributed by atoms with E-state index in [2.05, 4.69) is 15.7 Å². The van der Waals surface area contributed by atoms with Crippen LogP contribution < -0.4 is 24.4 Å². The highest BCUT2D eigenvalue weighted by molar-refractivity contribution is 6.36. The van der Waals surface area contributed by atoms with Gasteiger partial charge in [-0.2, -0.15) is 5.10 Å². The molecule has 0 saturated heterocycles. The highest BCUT2D eigenvalue weighted by Gasteiger charge is 2.34. The predicted octanol–water partition coefficient (Wildman–Crippen LogP) is 2.38. The van der Waals surface area contributed by atoms with E-state index in [1.807, 2.05) is 30.3 Å². The minimum atomic E-state index is -0.516. The second-order valence-corrected chi connectivity index (χ2v) is 7.87. The first-order valence-corrected chi connectivity index (χ1v) is 11.4. The minimum absolute atomic E-state index is 0.0183. The van der Waals surface area contributed by atoms with Crippen LogP contribution in [0.15, 0.2) is 40.6 Å². The molecule has 0 spiro atoms. The Labute approximate surface area is 207 Å². The van der Waals surface area contributed by atoms with Crippen LogP contribution in [0.1, 0.15) is 30.0 Å². The molecule has 2 aliphatic rings. The summed E-state index contributed by atoms with van der Waals surface area (Å²) in [5.41, 5.74) is 4.76. The number of hydrazone groups is 1. The summed E-state index contributed by atoms with van der Waals surface area (Å²) in [5.74, 6) is 0.721. The largest absolute Gasteiger partial charge is 0.492 e. The van der Waals surface area contributed by atoms with E-state index in [4.69, 9.17) is 28.5 Å². The van der Waals surface area contributed by atoms with Gasteiger partial charge in [0.2, 0.25) is 24.2 Å². The Hall–Kier alpha value is -4.28. The van der Waals surface area contributed by atoms with Gasteiger partial charge in [0.15, 0.2) is 17.2 Å². The lowest BCUT2D eigenvalue weighted by Crippen LogP contribution is -2.21. The molecule has 36 heavy (non-hydrogen) atoms. The zero-order valence-corrected chi connectivity index (χ0v) is 20.2. The Morgan fingerprint density at radius 2 is 1.89 bits per heavy atom. The maximum absolute atomic E-state index is 12.4. The lowest BCUT2D eigenvalue weighted by molar-refractivity contribution is -0.135. The van der Waals surface area contributed by atoms with Crippen molar-refractivity contribution in [2.45, 2.75) is 32.3 Å². The third-order valence-corrected chi connectivity index (χ3v) is 5.54. The number of fused-ring (bicyclic) bond motifs is 1. The van der Waals surface area contributed by atoms with Gasteiger partial charge in [0.1, 0.15) is 6.10 Å². The van der Waals surface area contributed by atoms with Gasteiger partial charge in [-0.3, -0.25) is 4.79 Å². The second-order valence-electron chi connectivity index (χ2n) is 7.87. The molecule has 2 aromatic rings. The van der Waals surface area contributed by atoms with Crippen LogP contribution in [0.25, 0.3) is 0 Å². The molecule has 0 aliphatic carbocycles. The van der Waals surface area contributed by atoms with E-state index in [9.17, 15) is 9.59 Å². The summed E-state index contributed by atoms with van der Waals surface area (Å²) in [5, 5.41) is 8.03. The molecule has 11 heteroatoms. The highest BCUT2D eigenvalue weighted by atomic mass is 16.7. The van der Waals surface area contributed by atoms with Crippen molar-refractivity contribution in [3.05, 3.63) is 47.0 Å². The number of hydrogen-bond acceptors (Lipinski definition) is 10. The number of amides is 1. The van der Waals surface area contributed by atoms with E-state index in [0.717, 1.165) is 5.56 Å². The van der Waals surface area contributed by atoms with Crippen molar-refractivity contribution in [1.29, 1.82) is 0 Å². The Balaban J connectivity index is 1.59. The van der Waals surface area contributed by atoms with Crippen molar-refractivity contribution in [3.63, 3.8) is 0 Å². The van der Waals surface area contributed by atoms with Crippen LogP contribution >= 0.6 is 0 Å². The minimum Gasteiger partial charge on any atom is -0.492 e. The van der Waals surface area contributed by atoms with Gasteiger partial charge in [0, 0.05) is 24.0 Å². The molecule has 0 aromatic heterocycles. The third-order valence-electron chi connectivity index (χ3n) is 5.54. The number of oxime groups is 1. The van der Waals surface area contributed by atoms with Crippen LogP contribution in [-0.2, 0) is 32.0 Å². The number of carbonyl (C=O) groups excluding carboxylic acids is 2. The monoisotopic (exact) mass is 497 g/mol. The molecule has 1 amide bonds. The number of esters is 1. The van der Waals surface area contributed by atoms with Crippen LogP contribution in [0.4, 0.5) is 0 Å². The molecule has 2 aliphatic heterocycles. The molecule has 0 unspecified atom stereocenters. The van der Waals surface area contributed by atoms with E-state index < -0.39 is 12.1 Å². The molecule has 1 atom stereocenters. The number of nitrogens with one attached hydrogen (secondary N) is 1. The van der Waals surface area contributed by atoms with Gasteiger partial charge >= 0.3 is 5.97 Å². The molecule has 190 valence electrons. The first kappa shape index (κ1) is 24.8. The number of rotatable bonds is 10. The van der Waals surface area contributed by atoms with Crippen molar-refractivity contribution in [3.8, 4) is 23.0 Å². The van der Waals surface area contributed by atoms with Gasteiger partial charge in [-0.15, -0.1) is 0 Å². The number of nitrogens with zero attached hydrogens (tertiary/aromatic N) is 2. The van der Waals surface area contributed by atoms with E-state index in [-0.39, 0.29) is 44.3 Å². The first-order valence-electron chi connectivity index (χ1n) is 11.4. The smallest absolute Gasteiger partial charge is 0.356 e. The second kappa shape index (κ2) is 11.4. The summed E-state index contributed by atoms with van der Waals surface area (Å²) in [6, 6.07) is 9.34. The zero-order valence-electron chi connectivity index (χ0n) is 20.2. The molecular weight excluding hydrogens is 470 g/mol.